The Hall–Kier alpha value is -4.27. The van der Waals surface area contributed by atoms with Gasteiger partial charge >= 0.3 is 0 Å². The average Bonchev–Trinajstić information content (AvgIpc) is 3.53. The van der Waals surface area contributed by atoms with Gasteiger partial charge in [0.2, 0.25) is 0 Å². The van der Waals surface area contributed by atoms with Gasteiger partial charge in [-0.05, 0) is 52.0 Å². The van der Waals surface area contributed by atoms with Gasteiger partial charge in [0.1, 0.15) is 11.5 Å². The monoisotopic (exact) mass is 441 g/mol. The Balaban J connectivity index is 1.64. The number of nitrogens with zero attached hydrogens (tertiary/aromatic N) is 6. The lowest BCUT2D eigenvalue weighted by atomic mass is 10.1. The highest BCUT2D eigenvalue weighted by Gasteiger charge is 2.21. The fourth-order valence-corrected chi connectivity index (χ4v) is 3.91. The minimum absolute atomic E-state index is 0.0846. The molecule has 166 valence electrons. The highest BCUT2D eigenvalue weighted by Crippen LogP contribution is 2.31. The predicted molar refractivity (Wildman–Crippen MR) is 124 cm³/mol. The normalized spacial score (nSPS) is 11.4. The molecule has 1 aromatic carbocycles. The quantitative estimate of drug-likeness (QED) is 0.423. The molecule has 0 atom stereocenters. The third kappa shape index (κ3) is 3.67. The highest BCUT2D eigenvalue weighted by atomic mass is 16.3. The minimum Gasteiger partial charge on any atom is -0.466 e. The van der Waals surface area contributed by atoms with Crippen LogP contribution in [0.4, 0.5) is 5.69 Å². The fourth-order valence-electron chi connectivity index (χ4n) is 3.91. The van der Waals surface area contributed by atoms with Crippen molar-refractivity contribution in [2.75, 3.05) is 5.32 Å². The Morgan fingerprint density at radius 1 is 1.15 bits per heavy atom. The van der Waals surface area contributed by atoms with Gasteiger partial charge in [-0.2, -0.15) is 5.10 Å². The second kappa shape index (κ2) is 8.01. The zero-order valence-corrected chi connectivity index (χ0v) is 18.8. The molecule has 1 amide bonds. The van der Waals surface area contributed by atoms with E-state index in [0.29, 0.717) is 33.7 Å². The molecule has 4 heterocycles. The Bertz CT molecular complexity index is 1460. The molecule has 0 saturated carbocycles. The summed E-state index contributed by atoms with van der Waals surface area (Å²) in [5.74, 6) is 1.27. The second-order valence-corrected chi connectivity index (χ2v) is 8.12. The summed E-state index contributed by atoms with van der Waals surface area (Å²) in [6, 6.07) is 11.2. The number of amides is 1. The van der Waals surface area contributed by atoms with Crippen molar-refractivity contribution in [2.45, 2.75) is 33.7 Å². The molecule has 0 aliphatic heterocycles. The van der Waals surface area contributed by atoms with E-state index in [0.717, 1.165) is 17.1 Å². The van der Waals surface area contributed by atoms with Crippen molar-refractivity contribution in [1.29, 1.82) is 0 Å². The summed E-state index contributed by atoms with van der Waals surface area (Å²) in [7, 11) is 0. The lowest BCUT2D eigenvalue weighted by molar-refractivity contribution is 0.102. The van der Waals surface area contributed by atoms with Crippen molar-refractivity contribution in [3.8, 4) is 16.9 Å². The number of benzene rings is 1. The first-order valence-corrected chi connectivity index (χ1v) is 10.6. The molecule has 0 fully saturated rings. The average molecular weight is 441 g/mol. The SMILES string of the molecule is Cc1cc(-c2cc(C(=O)Nc3ccccc3-n3ccnn3)c3cnn(C(C)C)c3n2)c(C)o1. The van der Waals surface area contributed by atoms with Gasteiger partial charge < -0.3 is 9.73 Å². The van der Waals surface area contributed by atoms with E-state index >= 15 is 0 Å². The van der Waals surface area contributed by atoms with Crippen LogP contribution in [-0.4, -0.2) is 35.7 Å². The van der Waals surface area contributed by atoms with Gasteiger partial charge in [0.15, 0.2) is 5.65 Å². The highest BCUT2D eigenvalue weighted by molar-refractivity contribution is 6.13. The first-order chi connectivity index (χ1) is 15.9. The summed E-state index contributed by atoms with van der Waals surface area (Å²) < 4.78 is 9.14. The molecule has 0 spiro atoms. The van der Waals surface area contributed by atoms with Crippen LogP contribution in [0.3, 0.4) is 0 Å². The Morgan fingerprint density at radius 2 is 1.97 bits per heavy atom. The molecule has 0 aliphatic rings. The molecule has 0 saturated heterocycles. The molecule has 9 heteroatoms. The lowest BCUT2D eigenvalue weighted by Crippen LogP contribution is -2.15. The number of furan rings is 1. The molecule has 0 bridgehead atoms. The van der Waals surface area contributed by atoms with E-state index in [1.807, 2.05) is 62.7 Å². The van der Waals surface area contributed by atoms with Crippen molar-refractivity contribution in [2.24, 2.45) is 0 Å². The van der Waals surface area contributed by atoms with Gasteiger partial charge in [-0.1, -0.05) is 17.3 Å². The number of carbonyl (C=O) groups is 1. The topological polar surface area (TPSA) is 104 Å². The van der Waals surface area contributed by atoms with Crippen molar-refractivity contribution < 1.29 is 9.21 Å². The number of para-hydroxylation sites is 2. The number of aryl methyl sites for hydroxylation is 2. The van der Waals surface area contributed by atoms with Gasteiger partial charge in [-0.15, -0.1) is 5.10 Å². The van der Waals surface area contributed by atoms with Gasteiger partial charge in [0.05, 0.1) is 46.6 Å². The molecule has 0 unspecified atom stereocenters. The third-order valence-electron chi connectivity index (χ3n) is 5.44. The Labute approximate surface area is 190 Å². The van der Waals surface area contributed by atoms with Crippen LogP contribution in [0.1, 0.15) is 41.8 Å². The molecule has 33 heavy (non-hydrogen) atoms. The summed E-state index contributed by atoms with van der Waals surface area (Å²) in [4.78, 5) is 18.4. The van der Waals surface area contributed by atoms with E-state index in [9.17, 15) is 4.79 Å². The van der Waals surface area contributed by atoms with Crippen molar-refractivity contribution >= 4 is 22.6 Å². The van der Waals surface area contributed by atoms with Crippen LogP contribution in [0.2, 0.25) is 0 Å². The number of hydrogen-bond acceptors (Lipinski definition) is 6. The number of aromatic nitrogens is 6. The zero-order valence-electron chi connectivity index (χ0n) is 18.8. The van der Waals surface area contributed by atoms with Crippen LogP contribution in [0.25, 0.3) is 28.0 Å². The van der Waals surface area contributed by atoms with Crippen LogP contribution < -0.4 is 5.32 Å². The Kier molecular flexibility index (Phi) is 5.01. The van der Waals surface area contributed by atoms with E-state index in [2.05, 4.69) is 20.7 Å². The van der Waals surface area contributed by atoms with Crippen LogP contribution in [0.5, 0.6) is 0 Å². The van der Waals surface area contributed by atoms with E-state index in [1.54, 1.807) is 29.3 Å². The molecule has 0 aliphatic carbocycles. The first-order valence-electron chi connectivity index (χ1n) is 10.6. The molecular formula is C24H23N7O2. The van der Waals surface area contributed by atoms with Crippen LogP contribution >= 0.6 is 0 Å². The summed E-state index contributed by atoms with van der Waals surface area (Å²) >= 11 is 0. The number of nitrogens with one attached hydrogen (secondary N) is 1. The molecule has 1 N–H and O–H groups in total. The molecule has 5 aromatic rings. The van der Waals surface area contributed by atoms with Crippen LogP contribution in [0, 0.1) is 13.8 Å². The number of carbonyl (C=O) groups excluding carboxylic acids is 1. The van der Waals surface area contributed by atoms with Crippen LogP contribution in [0.15, 0.2) is 59.4 Å². The van der Waals surface area contributed by atoms with Crippen LogP contribution in [-0.2, 0) is 0 Å². The van der Waals surface area contributed by atoms with E-state index < -0.39 is 0 Å². The number of hydrogen-bond donors (Lipinski definition) is 1. The molecular weight excluding hydrogens is 418 g/mol. The largest absolute Gasteiger partial charge is 0.466 e. The number of pyridine rings is 1. The zero-order chi connectivity index (χ0) is 23.1. The fraction of sp³-hybridized carbons (Fsp3) is 0.208. The smallest absolute Gasteiger partial charge is 0.256 e. The molecule has 5 rings (SSSR count). The molecule has 0 radical (unpaired) electrons. The maximum absolute atomic E-state index is 13.6. The molecule has 4 aromatic heterocycles. The van der Waals surface area contributed by atoms with Crippen molar-refractivity contribution in [1.82, 2.24) is 29.8 Å². The maximum atomic E-state index is 13.6. The summed E-state index contributed by atoms with van der Waals surface area (Å²) in [5, 5.41) is 16.1. The number of fused-ring (bicyclic) bond motifs is 1. The predicted octanol–water partition coefficient (Wildman–Crippen LogP) is 4.72. The lowest BCUT2D eigenvalue weighted by Gasteiger charge is -2.13. The minimum atomic E-state index is -0.266. The van der Waals surface area contributed by atoms with E-state index in [4.69, 9.17) is 9.40 Å². The summed E-state index contributed by atoms with van der Waals surface area (Å²) in [6.07, 6.45) is 5.01. The van der Waals surface area contributed by atoms with Gasteiger partial charge in [-0.25, -0.2) is 14.3 Å². The van der Waals surface area contributed by atoms with E-state index in [-0.39, 0.29) is 11.9 Å². The third-order valence-corrected chi connectivity index (χ3v) is 5.44. The second-order valence-electron chi connectivity index (χ2n) is 8.12. The summed E-state index contributed by atoms with van der Waals surface area (Å²) in [5.41, 5.74) is 3.97. The molecule has 9 nitrogen and oxygen atoms in total. The van der Waals surface area contributed by atoms with E-state index in [1.165, 1.54) is 0 Å². The maximum Gasteiger partial charge on any atom is 0.256 e. The van der Waals surface area contributed by atoms with Gasteiger partial charge in [0.25, 0.3) is 5.91 Å². The van der Waals surface area contributed by atoms with Gasteiger partial charge in [0, 0.05) is 11.6 Å². The first kappa shape index (κ1) is 20.6. The van der Waals surface area contributed by atoms with Gasteiger partial charge in [-0.3, -0.25) is 4.79 Å². The van der Waals surface area contributed by atoms with Crippen molar-refractivity contribution in [3.05, 3.63) is 72.1 Å². The summed E-state index contributed by atoms with van der Waals surface area (Å²) in [6.45, 7) is 7.84. The number of anilines is 1. The van der Waals surface area contributed by atoms with Crippen molar-refractivity contribution in [3.63, 3.8) is 0 Å². The Morgan fingerprint density at radius 3 is 2.67 bits per heavy atom. The number of rotatable bonds is 5. The standard InChI is InChI=1S/C24H23N7O2/c1-14(2)31-23-19(13-26-31)18(12-21(27-23)17-11-15(3)33-16(17)4)24(32)28-20-7-5-6-8-22(20)30-10-9-25-29-30/h5-14H,1-4H3,(H,28,32).